The topological polar surface area (TPSA) is 104 Å². The zero-order valence-corrected chi connectivity index (χ0v) is 16.2. The molecule has 7 nitrogen and oxygen atoms in total. The van der Waals surface area contributed by atoms with E-state index >= 15 is 0 Å². The summed E-state index contributed by atoms with van der Waals surface area (Å²) >= 11 is 0. The van der Waals surface area contributed by atoms with E-state index in [4.69, 9.17) is 11.5 Å². The van der Waals surface area contributed by atoms with Crippen molar-refractivity contribution >= 4 is 33.8 Å². The van der Waals surface area contributed by atoms with Crippen LogP contribution >= 0.6 is 0 Å². The molecule has 0 amide bonds. The molecule has 150 valence electrons. The lowest BCUT2D eigenvalue weighted by Gasteiger charge is -2.34. The molecule has 0 spiro atoms. The number of piperazine rings is 1. The number of nitrogen functional groups attached to an aromatic ring is 1. The number of fused-ring (bicyclic) bond motifs is 1. The third-order valence-electron chi connectivity index (χ3n) is 5.25. The van der Waals surface area contributed by atoms with Crippen molar-refractivity contribution < 1.29 is 4.39 Å². The van der Waals surface area contributed by atoms with Gasteiger partial charge in [0.15, 0.2) is 0 Å². The quantitative estimate of drug-likeness (QED) is 0.466. The molecule has 2 aromatic carbocycles. The summed E-state index contributed by atoms with van der Waals surface area (Å²) in [6, 6.07) is 12.0. The van der Waals surface area contributed by atoms with Crippen molar-refractivity contribution in [1.29, 1.82) is 0 Å². The molecule has 0 atom stereocenters. The minimum absolute atomic E-state index is 0.0165. The number of pyridine rings is 1. The number of benzene rings is 2. The molecule has 1 aliphatic heterocycles. The van der Waals surface area contributed by atoms with Gasteiger partial charge in [0.05, 0.1) is 22.3 Å². The Bertz CT molecular complexity index is 1130. The number of halogens is 1. The highest BCUT2D eigenvalue weighted by molar-refractivity contribution is 6.08. The lowest BCUT2D eigenvalue weighted by molar-refractivity contribution is 0.313. The van der Waals surface area contributed by atoms with E-state index in [2.05, 4.69) is 26.8 Å². The number of nitrogens with two attached hydrogens (primary N) is 2. The minimum Gasteiger partial charge on any atom is -0.397 e. The SMILES string of the molecule is CN1CCN(c2ccc(N=C(N)c3c(N)c4c(F)cccc4[nH]c3=O)cc2)CC1. The summed E-state index contributed by atoms with van der Waals surface area (Å²) in [4.78, 5) is 24.0. The van der Waals surface area contributed by atoms with Crippen molar-refractivity contribution in [3.63, 3.8) is 0 Å². The van der Waals surface area contributed by atoms with E-state index in [1.54, 1.807) is 6.07 Å². The number of aromatic nitrogens is 1. The van der Waals surface area contributed by atoms with Gasteiger partial charge in [-0.05, 0) is 43.4 Å². The van der Waals surface area contributed by atoms with E-state index in [0.29, 0.717) is 11.2 Å². The lowest BCUT2D eigenvalue weighted by atomic mass is 10.1. The van der Waals surface area contributed by atoms with Gasteiger partial charge in [-0.2, -0.15) is 0 Å². The molecule has 1 aliphatic rings. The fourth-order valence-corrected chi connectivity index (χ4v) is 3.59. The number of H-pyrrole nitrogens is 1. The second kappa shape index (κ2) is 7.56. The highest BCUT2D eigenvalue weighted by Gasteiger charge is 2.17. The summed E-state index contributed by atoms with van der Waals surface area (Å²) in [6.07, 6.45) is 0. The van der Waals surface area contributed by atoms with Gasteiger partial charge in [0.1, 0.15) is 17.2 Å². The zero-order chi connectivity index (χ0) is 20.5. The number of likely N-dealkylation sites (N-methyl/N-ethyl adjacent to an activating group) is 1. The van der Waals surface area contributed by atoms with Crippen LogP contribution < -0.4 is 21.9 Å². The molecule has 1 fully saturated rings. The Morgan fingerprint density at radius 1 is 1.10 bits per heavy atom. The number of hydrogen-bond acceptors (Lipinski definition) is 5. The first kappa shape index (κ1) is 18.9. The van der Waals surface area contributed by atoms with Crippen molar-refractivity contribution in [2.45, 2.75) is 0 Å². The van der Waals surface area contributed by atoms with Crippen LogP contribution in [0.25, 0.3) is 10.9 Å². The van der Waals surface area contributed by atoms with Gasteiger partial charge in [-0.1, -0.05) is 6.07 Å². The van der Waals surface area contributed by atoms with Crippen LogP contribution in [-0.4, -0.2) is 48.9 Å². The smallest absolute Gasteiger partial charge is 0.261 e. The standard InChI is InChI=1S/C21H23FN6O/c1-27-9-11-28(12-10-27)14-7-5-13(6-8-14)25-20(24)18-19(23)17-15(22)3-2-4-16(17)26-21(18)29/h2-8H,9-12H2,1H3,(H2,24,25)(H3,23,26,29). The molecule has 3 aromatic rings. The Balaban J connectivity index is 1.65. The Morgan fingerprint density at radius 3 is 2.48 bits per heavy atom. The maximum absolute atomic E-state index is 14.2. The number of aliphatic imine (C=N–C) groups is 1. The van der Waals surface area contributed by atoms with Crippen LogP contribution in [0.2, 0.25) is 0 Å². The van der Waals surface area contributed by atoms with Gasteiger partial charge in [-0.15, -0.1) is 0 Å². The van der Waals surface area contributed by atoms with Crippen LogP contribution in [-0.2, 0) is 0 Å². The van der Waals surface area contributed by atoms with Crippen molar-refractivity contribution in [2.75, 3.05) is 43.9 Å². The normalized spacial score (nSPS) is 15.8. The summed E-state index contributed by atoms with van der Waals surface area (Å²) in [6.45, 7) is 3.98. The average Bonchev–Trinajstić information content (AvgIpc) is 2.69. The first-order valence-electron chi connectivity index (χ1n) is 9.42. The highest BCUT2D eigenvalue weighted by atomic mass is 19.1. The summed E-state index contributed by atoms with van der Waals surface area (Å²) in [7, 11) is 2.12. The first-order valence-corrected chi connectivity index (χ1v) is 9.42. The van der Waals surface area contributed by atoms with Crippen LogP contribution in [0.4, 0.5) is 21.5 Å². The molecule has 0 unspecified atom stereocenters. The second-order valence-corrected chi connectivity index (χ2v) is 7.21. The summed E-state index contributed by atoms with van der Waals surface area (Å²) in [5, 5.41) is 0.130. The molecule has 0 saturated carbocycles. The number of nitrogens with one attached hydrogen (secondary N) is 1. The molecular formula is C21H23FN6O. The number of hydrogen-bond donors (Lipinski definition) is 3. The predicted molar refractivity (Wildman–Crippen MR) is 115 cm³/mol. The summed E-state index contributed by atoms with van der Waals surface area (Å²) in [5.74, 6) is -0.580. The Kier molecular flexibility index (Phi) is 4.94. The Morgan fingerprint density at radius 2 is 1.79 bits per heavy atom. The highest BCUT2D eigenvalue weighted by Crippen LogP contribution is 2.25. The molecular weight excluding hydrogens is 371 g/mol. The van der Waals surface area contributed by atoms with E-state index in [1.807, 2.05) is 24.3 Å². The predicted octanol–water partition coefficient (Wildman–Crippen LogP) is 2.04. The fraction of sp³-hybridized carbons (Fsp3) is 0.238. The molecule has 1 aromatic heterocycles. The van der Waals surface area contributed by atoms with Crippen molar-refractivity contribution in [3.8, 4) is 0 Å². The van der Waals surface area contributed by atoms with E-state index in [-0.39, 0.29) is 22.5 Å². The number of amidine groups is 1. The van der Waals surface area contributed by atoms with Gasteiger partial charge in [0.2, 0.25) is 0 Å². The molecule has 1 saturated heterocycles. The van der Waals surface area contributed by atoms with E-state index < -0.39 is 11.4 Å². The molecule has 29 heavy (non-hydrogen) atoms. The zero-order valence-electron chi connectivity index (χ0n) is 16.2. The minimum atomic E-state index is -0.526. The largest absolute Gasteiger partial charge is 0.397 e. The van der Waals surface area contributed by atoms with E-state index in [1.165, 1.54) is 12.1 Å². The van der Waals surface area contributed by atoms with E-state index in [0.717, 1.165) is 31.9 Å². The molecule has 5 N–H and O–H groups in total. The molecule has 0 aliphatic carbocycles. The monoisotopic (exact) mass is 394 g/mol. The summed E-state index contributed by atoms with van der Waals surface area (Å²) in [5.41, 5.74) is 13.6. The second-order valence-electron chi connectivity index (χ2n) is 7.21. The third kappa shape index (κ3) is 3.66. The molecule has 0 radical (unpaired) electrons. The number of anilines is 2. The molecule has 4 rings (SSSR count). The average molecular weight is 394 g/mol. The molecule has 2 heterocycles. The van der Waals surface area contributed by atoms with Crippen molar-refractivity contribution in [3.05, 3.63) is 64.2 Å². The molecule has 8 heteroatoms. The van der Waals surface area contributed by atoms with Crippen LogP contribution in [0, 0.1) is 5.82 Å². The van der Waals surface area contributed by atoms with Crippen LogP contribution in [0.15, 0.2) is 52.3 Å². The fourth-order valence-electron chi connectivity index (χ4n) is 3.59. The van der Waals surface area contributed by atoms with Gasteiger partial charge in [0.25, 0.3) is 5.56 Å². The van der Waals surface area contributed by atoms with Crippen molar-refractivity contribution in [2.24, 2.45) is 10.7 Å². The van der Waals surface area contributed by atoms with Gasteiger partial charge in [-0.3, -0.25) is 4.79 Å². The number of nitrogens with zero attached hydrogens (tertiary/aromatic N) is 3. The van der Waals surface area contributed by atoms with Gasteiger partial charge >= 0.3 is 0 Å². The maximum Gasteiger partial charge on any atom is 0.261 e. The number of aromatic amines is 1. The maximum atomic E-state index is 14.2. The Labute approximate surface area is 167 Å². The van der Waals surface area contributed by atoms with E-state index in [9.17, 15) is 9.18 Å². The van der Waals surface area contributed by atoms with Gasteiger partial charge < -0.3 is 26.3 Å². The van der Waals surface area contributed by atoms with Crippen LogP contribution in [0.3, 0.4) is 0 Å². The lowest BCUT2D eigenvalue weighted by Crippen LogP contribution is -2.44. The molecule has 0 bridgehead atoms. The third-order valence-corrected chi connectivity index (χ3v) is 5.25. The first-order chi connectivity index (χ1) is 13.9. The summed E-state index contributed by atoms with van der Waals surface area (Å²) < 4.78 is 14.2. The van der Waals surface area contributed by atoms with Crippen molar-refractivity contribution in [1.82, 2.24) is 9.88 Å². The number of rotatable bonds is 3. The van der Waals surface area contributed by atoms with Crippen LogP contribution in [0.5, 0.6) is 0 Å². The van der Waals surface area contributed by atoms with Gasteiger partial charge in [0, 0.05) is 31.9 Å². The van der Waals surface area contributed by atoms with Crippen LogP contribution in [0.1, 0.15) is 5.56 Å². The Hall–Kier alpha value is -3.39. The van der Waals surface area contributed by atoms with Gasteiger partial charge in [-0.25, -0.2) is 9.38 Å².